The van der Waals surface area contributed by atoms with Crippen LogP contribution in [-0.2, 0) is 0 Å². The van der Waals surface area contributed by atoms with Gasteiger partial charge in [0.05, 0.1) is 6.61 Å². The molecule has 3 N–H and O–H groups in total. The number of hydrogen-bond donors (Lipinski definition) is 3. The Kier molecular flexibility index (Phi) is 7.01. The van der Waals surface area contributed by atoms with Gasteiger partial charge in [0, 0.05) is 25.6 Å². The second-order valence-electron chi connectivity index (χ2n) is 5.50. The van der Waals surface area contributed by atoms with Gasteiger partial charge >= 0.3 is 6.03 Å². The number of amides is 2. The Morgan fingerprint density at radius 3 is 2.64 bits per heavy atom. The lowest BCUT2D eigenvalue weighted by atomic mass is 9.90. The second kappa shape index (κ2) is 9.02. The van der Waals surface area contributed by atoms with Crippen LogP contribution in [0.25, 0.3) is 0 Å². The molecule has 1 heterocycles. The zero-order valence-electron chi connectivity index (χ0n) is 12.7. The molecule has 1 saturated carbocycles. The third-order valence-electron chi connectivity index (χ3n) is 3.85. The van der Waals surface area contributed by atoms with Crippen molar-refractivity contribution >= 4 is 22.5 Å². The fourth-order valence-corrected chi connectivity index (χ4v) is 3.57. The molecule has 0 unspecified atom stereocenters. The van der Waals surface area contributed by atoms with Gasteiger partial charge in [0.15, 0.2) is 0 Å². The highest BCUT2D eigenvalue weighted by molar-refractivity contribution is 7.15. The summed E-state index contributed by atoms with van der Waals surface area (Å²) >= 11 is 1.43. The quantitative estimate of drug-likeness (QED) is 0.709. The van der Waals surface area contributed by atoms with E-state index in [1.54, 1.807) is 0 Å². The highest BCUT2D eigenvalue weighted by Crippen LogP contribution is 2.35. The molecule has 1 aromatic rings. The fraction of sp³-hybridized carbons (Fsp3) is 0.786. The summed E-state index contributed by atoms with van der Waals surface area (Å²) in [4.78, 5) is 13.6. The Labute approximate surface area is 134 Å². The van der Waals surface area contributed by atoms with Gasteiger partial charge in [-0.25, -0.2) is 4.79 Å². The van der Waals surface area contributed by atoms with Crippen molar-refractivity contribution in [3.8, 4) is 0 Å². The summed E-state index contributed by atoms with van der Waals surface area (Å²) in [7, 11) is 0. The molecule has 2 rings (SSSR count). The predicted molar refractivity (Wildman–Crippen MR) is 85.1 cm³/mol. The molecule has 2 amide bonds. The van der Waals surface area contributed by atoms with E-state index in [0.717, 1.165) is 17.8 Å². The van der Waals surface area contributed by atoms with Crippen molar-refractivity contribution < 1.29 is 15.0 Å². The summed E-state index contributed by atoms with van der Waals surface area (Å²) in [5.41, 5.74) is 0. The molecule has 7 nitrogen and oxygen atoms in total. The Hall–Kier alpha value is -1.25. The predicted octanol–water partition coefficient (Wildman–Crippen LogP) is 1.79. The van der Waals surface area contributed by atoms with Gasteiger partial charge in [-0.1, -0.05) is 30.6 Å². The monoisotopic (exact) mass is 328 g/mol. The van der Waals surface area contributed by atoms with Crippen LogP contribution in [0.15, 0.2) is 0 Å². The lowest BCUT2D eigenvalue weighted by Crippen LogP contribution is -2.38. The molecule has 1 aliphatic rings. The van der Waals surface area contributed by atoms with Gasteiger partial charge in [0.25, 0.3) is 0 Å². The largest absolute Gasteiger partial charge is 0.396 e. The Morgan fingerprint density at radius 1 is 1.18 bits per heavy atom. The number of carbonyl (C=O) groups is 1. The van der Waals surface area contributed by atoms with Crippen molar-refractivity contribution in [2.75, 3.05) is 31.6 Å². The minimum Gasteiger partial charge on any atom is -0.396 e. The van der Waals surface area contributed by atoms with Crippen LogP contribution in [-0.4, -0.2) is 57.6 Å². The third kappa shape index (κ3) is 4.89. The van der Waals surface area contributed by atoms with Crippen molar-refractivity contribution in [1.29, 1.82) is 0 Å². The average molecular weight is 328 g/mol. The van der Waals surface area contributed by atoms with Crippen LogP contribution in [0.1, 0.15) is 49.5 Å². The summed E-state index contributed by atoms with van der Waals surface area (Å²) in [6.07, 6.45) is 6.54. The molecule has 0 atom stereocenters. The fourth-order valence-electron chi connectivity index (χ4n) is 2.67. The molecule has 0 aliphatic heterocycles. The number of nitrogens with zero attached hydrogens (tertiary/aromatic N) is 3. The van der Waals surface area contributed by atoms with Gasteiger partial charge in [0.1, 0.15) is 5.01 Å². The van der Waals surface area contributed by atoms with Crippen molar-refractivity contribution in [2.45, 2.75) is 44.4 Å². The highest BCUT2D eigenvalue weighted by Gasteiger charge is 2.21. The summed E-state index contributed by atoms with van der Waals surface area (Å²) in [5.74, 6) is 0.472. The van der Waals surface area contributed by atoms with Crippen LogP contribution >= 0.6 is 11.3 Å². The zero-order valence-corrected chi connectivity index (χ0v) is 13.5. The number of hydrogen-bond acceptors (Lipinski definition) is 6. The first-order valence-corrected chi connectivity index (χ1v) is 8.67. The van der Waals surface area contributed by atoms with Crippen molar-refractivity contribution in [2.24, 2.45) is 0 Å². The van der Waals surface area contributed by atoms with Gasteiger partial charge in [-0.2, -0.15) is 0 Å². The highest BCUT2D eigenvalue weighted by atomic mass is 32.1. The number of aliphatic hydroxyl groups excluding tert-OH is 2. The molecule has 0 saturated heterocycles. The van der Waals surface area contributed by atoms with E-state index in [2.05, 4.69) is 15.5 Å². The molecule has 0 aromatic carbocycles. The van der Waals surface area contributed by atoms with Gasteiger partial charge in [0.2, 0.25) is 5.13 Å². The molecule has 8 heteroatoms. The van der Waals surface area contributed by atoms with Crippen LogP contribution in [0.4, 0.5) is 9.93 Å². The first-order valence-electron chi connectivity index (χ1n) is 7.85. The average Bonchev–Trinajstić information content (AvgIpc) is 3.00. The minimum atomic E-state index is -0.311. The standard InChI is InChI=1S/C14H24N4O3S/c19-9-4-7-18(8-10-20)14(21)15-13-17-16-12(22-13)11-5-2-1-3-6-11/h11,19-20H,1-10H2,(H,15,17,21). The Morgan fingerprint density at radius 2 is 1.95 bits per heavy atom. The number of anilines is 1. The maximum Gasteiger partial charge on any atom is 0.323 e. The van der Waals surface area contributed by atoms with Crippen LogP contribution in [0.5, 0.6) is 0 Å². The van der Waals surface area contributed by atoms with E-state index in [9.17, 15) is 4.79 Å². The number of nitrogens with one attached hydrogen (secondary N) is 1. The lowest BCUT2D eigenvalue weighted by Gasteiger charge is -2.20. The number of urea groups is 1. The van der Waals surface area contributed by atoms with E-state index in [4.69, 9.17) is 10.2 Å². The van der Waals surface area contributed by atoms with E-state index in [1.807, 2.05) is 0 Å². The van der Waals surface area contributed by atoms with E-state index < -0.39 is 0 Å². The minimum absolute atomic E-state index is 0.0137. The van der Waals surface area contributed by atoms with E-state index in [1.165, 1.54) is 35.5 Å². The Bertz CT molecular complexity index is 463. The second-order valence-corrected chi connectivity index (χ2v) is 6.51. The lowest BCUT2D eigenvalue weighted by molar-refractivity contribution is 0.180. The van der Waals surface area contributed by atoms with E-state index in [-0.39, 0.29) is 25.8 Å². The summed E-state index contributed by atoms with van der Waals surface area (Å²) in [5, 5.41) is 30.4. The Balaban J connectivity index is 1.91. The molecule has 124 valence electrons. The van der Waals surface area contributed by atoms with Crippen LogP contribution in [0, 0.1) is 0 Å². The normalized spacial score (nSPS) is 15.7. The molecule has 0 spiro atoms. The summed E-state index contributed by atoms with van der Waals surface area (Å²) < 4.78 is 0. The SMILES string of the molecule is O=C(Nc1nnc(C2CCCCC2)s1)N(CCO)CCCO. The van der Waals surface area contributed by atoms with Crippen molar-refractivity contribution in [3.05, 3.63) is 5.01 Å². The first-order chi connectivity index (χ1) is 10.7. The van der Waals surface area contributed by atoms with E-state index in [0.29, 0.717) is 24.0 Å². The zero-order chi connectivity index (χ0) is 15.8. The number of aliphatic hydroxyl groups is 2. The molecule has 1 fully saturated rings. The number of carbonyl (C=O) groups excluding carboxylic acids is 1. The van der Waals surface area contributed by atoms with Gasteiger partial charge in [-0.15, -0.1) is 10.2 Å². The molecule has 0 bridgehead atoms. The topological polar surface area (TPSA) is 98.6 Å². The maximum atomic E-state index is 12.2. The maximum absolute atomic E-state index is 12.2. The molecular formula is C14H24N4O3S. The van der Waals surface area contributed by atoms with E-state index >= 15 is 0 Å². The molecule has 0 radical (unpaired) electrons. The summed E-state index contributed by atoms with van der Waals surface area (Å²) in [6.45, 7) is 0.541. The number of aromatic nitrogens is 2. The van der Waals surface area contributed by atoms with Gasteiger partial charge < -0.3 is 15.1 Å². The van der Waals surface area contributed by atoms with Crippen LogP contribution < -0.4 is 5.32 Å². The van der Waals surface area contributed by atoms with Crippen molar-refractivity contribution in [3.63, 3.8) is 0 Å². The molecule has 1 aromatic heterocycles. The molecular weight excluding hydrogens is 304 g/mol. The van der Waals surface area contributed by atoms with Gasteiger partial charge in [-0.3, -0.25) is 5.32 Å². The van der Waals surface area contributed by atoms with Gasteiger partial charge in [-0.05, 0) is 19.3 Å². The smallest absolute Gasteiger partial charge is 0.323 e. The number of rotatable bonds is 7. The first kappa shape index (κ1) is 17.1. The molecule has 22 heavy (non-hydrogen) atoms. The molecule has 1 aliphatic carbocycles. The van der Waals surface area contributed by atoms with Crippen molar-refractivity contribution in [1.82, 2.24) is 15.1 Å². The van der Waals surface area contributed by atoms with Crippen LogP contribution in [0.3, 0.4) is 0 Å². The third-order valence-corrected chi connectivity index (χ3v) is 4.85. The van der Waals surface area contributed by atoms with Crippen LogP contribution in [0.2, 0.25) is 0 Å². The summed E-state index contributed by atoms with van der Waals surface area (Å²) in [6, 6.07) is -0.311.